The molecule has 1 aromatic rings. The van der Waals surface area contributed by atoms with Crippen LogP contribution in [0.15, 0.2) is 18.2 Å². The van der Waals surface area contributed by atoms with E-state index in [0.29, 0.717) is 29.5 Å². The Balaban J connectivity index is 1.71. The van der Waals surface area contributed by atoms with Gasteiger partial charge in [0.2, 0.25) is 11.8 Å². The van der Waals surface area contributed by atoms with Crippen LogP contribution in [0.4, 0.5) is 5.69 Å². The minimum atomic E-state index is -0.852. The number of nitrogens with zero attached hydrogens (tertiary/aromatic N) is 1. The fourth-order valence-electron chi connectivity index (χ4n) is 3.15. The Hall–Kier alpha value is -1.55. The van der Waals surface area contributed by atoms with Gasteiger partial charge in [0.1, 0.15) is 5.41 Å². The van der Waals surface area contributed by atoms with Crippen LogP contribution in [0, 0.1) is 18.3 Å². The molecule has 0 aromatic heterocycles. The molecule has 1 saturated carbocycles. The third kappa shape index (κ3) is 3.23. The molecule has 2 fully saturated rings. The number of carbonyl (C=O) groups is 2. The molecule has 5 heteroatoms. The quantitative estimate of drug-likeness (QED) is 0.858. The molecule has 1 aliphatic carbocycles. The number of nitrogens with one attached hydrogen (secondary N) is 1. The van der Waals surface area contributed by atoms with Crippen molar-refractivity contribution in [3.8, 4) is 0 Å². The maximum Gasteiger partial charge on any atom is 0.240 e. The summed E-state index contributed by atoms with van der Waals surface area (Å²) in [5, 5.41) is 3.49. The van der Waals surface area contributed by atoms with E-state index in [4.69, 9.17) is 11.6 Å². The average Bonchev–Trinajstić information content (AvgIpc) is 3.33. The highest BCUT2D eigenvalue weighted by molar-refractivity contribution is 6.31. The van der Waals surface area contributed by atoms with Gasteiger partial charge >= 0.3 is 0 Å². The van der Waals surface area contributed by atoms with Gasteiger partial charge in [-0.2, -0.15) is 0 Å². The first-order valence-corrected chi connectivity index (χ1v) is 8.67. The number of carbonyl (C=O) groups excluding carboxylic acids is 2. The van der Waals surface area contributed by atoms with Crippen LogP contribution in [-0.4, -0.2) is 29.8 Å². The number of halogens is 1. The van der Waals surface area contributed by atoms with Crippen LogP contribution in [0.3, 0.4) is 0 Å². The van der Waals surface area contributed by atoms with Crippen molar-refractivity contribution in [2.45, 2.75) is 39.5 Å². The molecular formula is C18H23ClN2O2. The van der Waals surface area contributed by atoms with Crippen LogP contribution in [0.5, 0.6) is 0 Å². The van der Waals surface area contributed by atoms with Crippen LogP contribution in [0.2, 0.25) is 5.02 Å². The smallest absolute Gasteiger partial charge is 0.240 e. The lowest BCUT2D eigenvalue weighted by molar-refractivity contribution is -0.143. The SMILES string of the molecule is Cc1ccc(Cl)cc1NC(=O)C1(C(=O)N2CCC(C)CC2)CC1. The summed E-state index contributed by atoms with van der Waals surface area (Å²) in [6, 6.07) is 5.39. The average molecular weight is 335 g/mol. The van der Waals surface area contributed by atoms with Crippen LogP contribution in [0.1, 0.15) is 38.2 Å². The molecule has 23 heavy (non-hydrogen) atoms. The van der Waals surface area contributed by atoms with Crippen molar-refractivity contribution >= 4 is 29.1 Å². The zero-order chi connectivity index (χ0) is 16.6. The van der Waals surface area contributed by atoms with Crippen LogP contribution in [-0.2, 0) is 9.59 Å². The van der Waals surface area contributed by atoms with Gasteiger partial charge < -0.3 is 10.2 Å². The number of aryl methyl sites for hydroxylation is 1. The largest absolute Gasteiger partial charge is 0.342 e. The van der Waals surface area contributed by atoms with E-state index in [0.717, 1.165) is 31.5 Å². The van der Waals surface area contributed by atoms with Gasteiger partial charge in [-0.3, -0.25) is 9.59 Å². The molecule has 1 saturated heterocycles. The van der Waals surface area contributed by atoms with Crippen molar-refractivity contribution in [2.24, 2.45) is 11.3 Å². The van der Waals surface area contributed by atoms with E-state index in [2.05, 4.69) is 12.2 Å². The first-order chi connectivity index (χ1) is 10.9. The highest BCUT2D eigenvalue weighted by atomic mass is 35.5. The number of hydrogen-bond donors (Lipinski definition) is 1. The Kier molecular flexibility index (Phi) is 4.37. The summed E-state index contributed by atoms with van der Waals surface area (Å²) in [5.74, 6) is 0.477. The molecule has 1 aromatic carbocycles. The van der Waals surface area contributed by atoms with Gasteiger partial charge in [-0.1, -0.05) is 24.6 Å². The Labute approximate surface area is 142 Å². The van der Waals surface area contributed by atoms with Crippen LogP contribution >= 0.6 is 11.6 Å². The van der Waals surface area contributed by atoms with E-state index in [-0.39, 0.29) is 11.8 Å². The highest BCUT2D eigenvalue weighted by Gasteiger charge is 2.58. The number of anilines is 1. The second-order valence-electron chi connectivity index (χ2n) is 6.97. The predicted octanol–water partition coefficient (Wildman–Crippen LogP) is 3.63. The summed E-state index contributed by atoms with van der Waals surface area (Å²) in [4.78, 5) is 27.4. The lowest BCUT2D eigenvalue weighted by Crippen LogP contribution is -2.46. The first kappa shape index (κ1) is 16.3. The Morgan fingerprint density at radius 2 is 1.91 bits per heavy atom. The number of amides is 2. The summed E-state index contributed by atoms with van der Waals surface area (Å²) in [6.45, 7) is 5.67. The van der Waals surface area contributed by atoms with Crippen molar-refractivity contribution in [1.29, 1.82) is 0 Å². The van der Waals surface area contributed by atoms with Gasteiger partial charge in [-0.25, -0.2) is 0 Å². The van der Waals surface area contributed by atoms with Crippen molar-refractivity contribution < 1.29 is 9.59 Å². The maximum atomic E-state index is 12.8. The second kappa shape index (κ2) is 6.16. The minimum absolute atomic E-state index is 0.00146. The van der Waals surface area contributed by atoms with Gasteiger partial charge in [0.05, 0.1) is 0 Å². The molecule has 0 spiro atoms. The number of piperidine rings is 1. The molecule has 0 unspecified atom stereocenters. The van der Waals surface area contributed by atoms with E-state index in [1.54, 1.807) is 12.1 Å². The number of benzene rings is 1. The second-order valence-corrected chi connectivity index (χ2v) is 7.41. The molecule has 0 atom stereocenters. The molecule has 1 aliphatic heterocycles. The Morgan fingerprint density at radius 1 is 1.26 bits per heavy atom. The van der Waals surface area contributed by atoms with Crippen LogP contribution < -0.4 is 5.32 Å². The zero-order valence-electron chi connectivity index (χ0n) is 13.7. The van der Waals surface area contributed by atoms with Crippen molar-refractivity contribution in [1.82, 2.24) is 4.90 Å². The first-order valence-electron chi connectivity index (χ1n) is 8.29. The normalized spacial score (nSPS) is 20.2. The standard InChI is InChI=1S/C18H23ClN2O2/c1-12-5-9-21(10-6-12)17(23)18(7-8-18)16(22)20-15-11-14(19)4-3-13(15)2/h3-4,11-12H,5-10H2,1-2H3,(H,20,22). The third-order valence-corrected chi connectivity index (χ3v) is 5.35. The fraction of sp³-hybridized carbons (Fsp3) is 0.556. The summed E-state index contributed by atoms with van der Waals surface area (Å²) >= 11 is 6.00. The molecular weight excluding hydrogens is 312 g/mol. The Bertz CT molecular complexity index is 632. The molecule has 0 radical (unpaired) electrons. The lowest BCUT2D eigenvalue weighted by Gasteiger charge is -2.32. The fourth-order valence-corrected chi connectivity index (χ4v) is 3.32. The van der Waals surface area contributed by atoms with Gasteiger partial charge in [0, 0.05) is 23.8 Å². The molecule has 2 amide bonds. The van der Waals surface area contributed by atoms with E-state index in [9.17, 15) is 9.59 Å². The topological polar surface area (TPSA) is 49.4 Å². The number of rotatable bonds is 3. The molecule has 1 heterocycles. The molecule has 3 rings (SSSR count). The summed E-state index contributed by atoms with van der Waals surface area (Å²) in [7, 11) is 0. The van der Waals surface area contributed by atoms with Gasteiger partial charge in [0.25, 0.3) is 0 Å². The summed E-state index contributed by atoms with van der Waals surface area (Å²) in [6.07, 6.45) is 3.33. The highest BCUT2D eigenvalue weighted by Crippen LogP contribution is 2.48. The van der Waals surface area contributed by atoms with Crippen molar-refractivity contribution in [2.75, 3.05) is 18.4 Å². The third-order valence-electron chi connectivity index (χ3n) is 5.11. The molecule has 124 valence electrons. The lowest BCUT2D eigenvalue weighted by atomic mass is 9.96. The maximum absolute atomic E-state index is 12.8. The Morgan fingerprint density at radius 3 is 2.52 bits per heavy atom. The molecule has 1 N–H and O–H groups in total. The summed E-state index contributed by atoms with van der Waals surface area (Å²) in [5.41, 5.74) is 0.779. The van der Waals surface area contributed by atoms with Crippen molar-refractivity contribution in [3.63, 3.8) is 0 Å². The zero-order valence-corrected chi connectivity index (χ0v) is 14.4. The van der Waals surface area contributed by atoms with E-state index < -0.39 is 5.41 Å². The number of hydrogen-bond acceptors (Lipinski definition) is 2. The summed E-state index contributed by atoms with van der Waals surface area (Å²) < 4.78 is 0. The molecule has 0 bridgehead atoms. The number of likely N-dealkylation sites (tertiary alicyclic amines) is 1. The monoisotopic (exact) mass is 334 g/mol. The molecule has 4 nitrogen and oxygen atoms in total. The van der Waals surface area contributed by atoms with E-state index in [1.807, 2.05) is 17.9 Å². The van der Waals surface area contributed by atoms with Gasteiger partial charge in [0.15, 0.2) is 0 Å². The minimum Gasteiger partial charge on any atom is -0.342 e. The van der Waals surface area contributed by atoms with Gasteiger partial charge in [-0.05, 0) is 56.2 Å². The molecule has 2 aliphatic rings. The van der Waals surface area contributed by atoms with E-state index >= 15 is 0 Å². The van der Waals surface area contributed by atoms with Crippen LogP contribution in [0.25, 0.3) is 0 Å². The predicted molar refractivity (Wildman–Crippen MR) is 91.5 cm³/mol. The van der Waals surface area contributed by atoms with Gasteiger partial charge in [-0.15, -0.1) is 0 Å². The van der Waals surface area contributed by atoms with E-state index in [1.165, 1.54) is 0 Å². The van der Waals surface area contributed by atoms with Crippen molar-refractivity contribution in [3.05, 3.63) is 28.8 Å².